The van der Waals surface area contributed by atoms with E-state index in [4.69, 9.17) is 5.26 Å². The minimum Gasteiger partial charge on any atom is -0.352 e. The second-order valence-electron chi connectivity index (χ2n) is 5.64. The molecule has 1 aliphatic carbocycles. The molecule has 0 radical (unpaired) electrons. The van der Waals surface area contributed by atoms with Gasteiger partial charge in [0.2, 0.25) is 5.91 Å². The zero-order chi connectivity index (χ0) is 16.4. The fourth-order valence-corrected chi connectivity index (χ4v) is 3.08. The van der Waals surface area contributed by atoms with Crippen LogP contribution >= 0.6 is 15.9 Å². The molecule has 3 nitrogen and oxygen atoms in total. The van der Waals surface area contributed by atoms with Crippen molar-refractivity contribution in [2.24, 2.45) is 5.92 Å². The molecule has 23 heavy (non-hydrogen) atoms. The highest BCUT2D eigenvalue weighted by Gasteiger charge is 2.43. The van der Waals surface area contributed by atoms with Crippen LogP contribution in [0.25, 0.3) is 0 Å². The number of halogens is 2. The summed E-state index contributed by atoms with van der Waals surface area (Å²) in [7, 11) is 0. The highest BCUT2D eigenvalue weighted by Crippen LogP contribution is 2.47. The number of nitrogens with one attached hydrogen (secondary N) is 1. The molecule has 3 rings (SSSR count). The van der Waals surface area contributed by atoms with Gasteiger partial charge < -0.3 is 5.32 Å². The molecule has 0 aromatic heterocycles. The van der Waals surface area contributed by atoms with Gasteiger partial charge in [-0.05, 0) is 42.2 Å². The van der Waals surface area contributed by atoms with E-state index in [0.29, 0.717) is 5.56 Å². The van der Waals surface area contributed by atoms with E-state index < -0.39 is 5.82 Å². The van der Waals surface area contributed by atoms with E-state index in [1.165, 1.54) is 12.1 Å². The fourth-order valence-electron chi connectivity index (χ4n) is 2.66. The number of carbonyl (C=O) groups is 1. The van der Waals surface area contributed by atoms with E-state index in [0.717, 1.165) is 16.5 Å². The zero-order valence-corrected chi connectivity index (χ0v) is 13.8. The average Bonchev–Trinajstić information content (AvgIpc) is 3.34. The first-order valence-corrected chi connectivity index (χ1v) is 8.09. The lowest BCUT2D eigenvalue weighted by Crippen LogP contribution is -2.25. The van der Waals surface area contributed by atoms with Gasteiger partial charge in [-0.15, -0.1) is 0 Å². The number of hydrogen-bond acceptors (Lipinski definition) is 2. The van der Waals surface area contributed by atoms with Crippen molar-refractivity contribution in [3.05, 3.63) is 69.4 Å². The van der Waals surface area contributed by atoms with Gasteiger partial charge in [0.25, 0.3) is 0 Å². The number of benzene rings is 2. The van der Waals surface area contributed by atoms with Crippen molar-refractivity contribution in [3.63, 3.8) is 0 Å². The SMILES string of the molecule is N#Cc1ccc(CNC(=O)[C@@H]2C[C@H]2c2cccc(Br)c2)c(F)c1. The van der Waals surface area contributed by atoms with Gasteiger partial charge in [0, 0.05) is 22.5 Å². The number of rotatable bonds is 4. The standard InChI is InChI=1S/C18H14BrFN2O/c19-14-3-1-2-12(7-14)15-8-16(15)18(23)22-10-13-5-4-11(9-21)6-17(13)20/h1-7,15-16H,8,10H2,(H,22,23)/t15-,16+/m0/s1. The Morgan fingerprint density at radius 3 is 2.87 bits per heavy atom. The summed E-state index contributed by atoms with van der Waals surface area (Å²) >= 11 is 3.43. The molecular formula is C18H14BrFN2O. The number of amides is 1. The summed E-state index contributed by atoms with van der Waals surface area (Å²) in [5.74, 6) is -0.341. The van der Waals surface area contributed by atoms with Gasteiger partial charge in [0.05, 0.1) is 11.6 Å². The van der Waals surface area contributed by atoms with E-state index in [1.54, 1.807) is 6.07 Å². The van der Waals surface area contributed by atoms with Crippen molar-refractivity contribution >= 4 is 21.8 Å². The van der Waals surface area contributed by atoms with E-state index in [1.807, 2.05) is 30.3 Å². The highest BCUT2D eigenvalue weighted by molar-refractivity contribution is 9.10. The van der Waals surface area contributed by atoms with Crippen molar-refractivity contribution in [1.82, 2.24) is 5.32 Å². The van der Waals surface area contributed by atoms with Gasteiger partial charge in [-0.2, -0.15) is 5.26 Å². The first-order valence-electron chi connectivity index (χ1n) is 7.30. The summed E-state index contributed by atoms with van der Waals surface area (Å²) in [4.78, 5) is 12.2. The van der Waals surface area contributed by atoms with Crippen LogP contribution in [0.1, 0.15) is 29.0 Å². The monoisotopic (exact) mass is 372 g/mol. The third-order valence-electron chi connectivity index (χ3n) is 4.04. The molecule has 1 fully saturated rings. The topological polar surface area (TPSA) is 52.9 Å². The minimum atomic E-state index is -0.469. The van der Waals surface area contributed by atoms with E-state index >= 15 is 0 Å². The van der Waals surface area contributed by atoms with Crippen LogP contribution in [0.4, 0.5) is 4.39 Å². The molecule has 1 aliphatic rings. The van der Waals surface area contributed by atoms with E-state index in [2.05, 4.69) is 21.2 Å². The van der Waals surface area contributed by atoms with Gasteiger partial charge in [-0.1, -0.05) is 34.1 Å². The molecule has 116 valence electrons. The maximum absolute atomic E-state index is 13.8. The molecule has 1 amide bonds. The predicted octanol–water partition coefficient (Wildman–Crippen LogP) is 3.88. The maximum Gasteiger partial charge on any atom is 0.224 e. The number of nitrogens with zero attached hydrogens (tertiary/aromatic N) is 1. The molecule has 1 saturated carbocycles. The van der Waals surface area contributed by atoms with Crippen LogP contribution in [0.3, 0.4) is 0 Å². The van der Waals surface area contributed by atoms with Crippen LogP contribution in [0, 0.1) is 23.1 Å². The number of nitriles is 1. The van der Waals surface area contributed by atoms with Gasteiger partial charge in [-0.3, -0.25) is 4.79 Å². The molecule has 0 bridgehead atoms. The molecule has 0 spiro atoms. The van der Waals surface area contributed by atoms with Crippen molar-refractivity contribution < 1.29 is 9.18 Å². The molecule has 2 atom stereocenters. The van der Waals surface area contributed by atoms with E-state index in [-0.39, 0.29) is 29.9 Å². The van der Waals surface area contributed by atoms with Crippen molar-refractivity contribution in [2.75, 3.05) is 0 Å². The summed E-state index contributed by atoms with van der Waals surface area (Å²) in [5.41, 5.74) is 1.80. The summed E-state index contributed by atoms with van der Waals surface area (Å²) in [6, 6.07) is 14.1. The van der Waals surface area contributed by atoms with Crippen LogP contribution in [0.2, 0.25) is 0 Å². The van der Waals surface area contributed by atoms with E-state index in [9.17, 15) is 9.18 Å². The van der Waals surface area contributed by atoms with Gasteiger partial charge in [0.15, 0.2) is 0 Å². The quantitative estimate of drug-likeness (QED) is 0.885. The van der Waals surface area contributed by atoms with Gasteiger partial charge in [0.1, 0.15) is 5.82 Å². The molecule has 1 N–H and O–H groups in total. The largest absolute Gasteiger partial charge is 0.352 e. The third kappa shape index (κ3) is 3.59. The molecule has 0 saturated heterocycles. The summed E-state index contributed by atoms with van der Waals surface area (Å²) in [6.45, 7) is 0.137. The fraction of sp³-hybridized carbons (Fsp3) is 0.222. The number of hydrogen-bond donors (Lipinski definition) is 1. The number of carbonyl (C=O) groups excluding carboxylic acids is 1. The molecule has 0 aliphatic heterocycles. The summed E-state index contributed by atoms with van der Waals surface area (Å²) in [6.07, 6.45) is 0.818. The minimum absolute atomic E-state index is 0.0502. The van der Waals surface area contributed by atoms with Gasteiger partial charge in [-0.25, -0.2) is 4.39 Å². The lowest BCUT2D eigenvalue weighted by Gasteiger charge is -2.07. The molecular weight excluding hydrogens is 359 g/mol. The molecule has 5 heteroatoms. The smallest absolute Gasteiger partial charge is 0.224 e. The zero-order valence-electron chi connectivity index (χ0n) is 12.2. The average molecular weight is 373 g/mol. The lowest BCUT2D eigenvalue weighted by atomic mass is 10.1. The van der Waals surface area contributed by atoms with Crippen molar-refractivity contribution in [2.45, 2.75) is 18.9 Å². The maximum atomic E-state index is 13.8. The van der Waals surface area contributed by atoms with Gasteiger partial charge >= 0.3 is 0 Å². The molecule has 2 aromatic carbocycles. The Morgan fingerprint density at radius 2 is 2.17 bits per heavy atom. The Balaban J connectivity index is 1.58. The van der Waals surface area contributed by atoms with Crippen LogP contribution in [0.5, 0.6) is 0 Å². The Morgan fingerprint density at radius 1 is 1.35 bits per heavy atom. The van der Waals surface area contributed by atoms with Crippen molar-refractivity contribution in [3.8, 4) is 6.07 Å². The molecule has 0 heterocycles. The molecule has 2 aromatic rings. The Bertz CT molecular complexity index is 800. The first kappa shape index (κ1) is 15.7. The Hall–Kier alpha value is -2.19. The second-order valence-corrected chi connectivity index (χ2v) is 6.56. The van der Waals surface area contributed by atoms with Crippen LogP contribution in [0.15, 0.2) is 46.9 Å². The third-order valence-corrected chi connectivity index (χ3v) is 4.53. The summed E-state index contributed by atoms with van der Waals surface area (Å²) < 4.78 is 14.8. The lowest BCUT2D eigenvalue weighted by molar-refractivity contribution is -0.122. The highest BCUT2D eigenvalue weighted by atomic mass is 79.9. The Labute approximate surface area is 142 Å². The predicted molar refractivity (Wildman–Crippen MR) is 88.0 cm³/mol. The normalized spacial score (nSPS) is 19.0. The van der Waals surface area contributed by atoms with Crippen LogP contribution < -0.4 is 5.32 Å². The van der Waals surface area contributed by atoms with Crippen LogP contribution in [-0.4, -0.2) is 5.91 Å². The molecule has 0 unspecified atom stereocenters. The van der Waals surface area contributed by atoms with Crippen LogP contribution in [-0.2, 0) is 11.3 Å². The summed E-state index contributed by atoms with van der Waals surface area (Å²) in [5, 5.41) is 11.5. The Kier molecular flexibility index (Phi) is 4.44. The second kappa shape index (κ2) is 6.51. The van der Waals surface area contributed by atoms with Crippen molar-refractivity contribution in [1.29, 1.82) is 5.26 Å². The first-order chi connectivity index (χ1) is 11.1.